The van der Waals surface area contributed by atoms with E-state index < -0.39 is 0 Å². The van der Waals surface area contributed by atoms with Crippen molar-refractivity contribution in [3.63, 3.8) is 0 Å². The van der Waals surface area contributed by atoms with E-state index in [1.165, 1.54) is 11.1 Å². The normalized spacial score (nSPS) is 15.8. The number of ether oxygens (including phenoxy) is 2. The van der Waals surface area contributed by atoms with Crippen LogP contribution in [0.25, 0.3) is 0 Å². The van der Waals surface area contributed by atoms with Crippen molar-refractivity contribution in [3.05, 3.63) is 59.2 Å². The second-order valence-corrected chi connectivity index (χ2v) is 7.30. The van der Waals surface area contributed by atoms with Crippen molar-refractivity contribution in [2.45, 2.75) is 38.8 Å². The summed E-state index contributed by atoms with van der Waals surface area (Å²) in [6.45, 7) is 3.57. The lowest BCUT2D eigenvalue weighted by atomic mass is 9.88. The highest BCUT2D eigenvalue weighted by Crippen LogP contribution is 2.30. The molecular formula is C23H30N2O3. The number of amides is 1. The second-order valence-electron chi connectivity index (χ2n) is 7.30. The summed E-state index contributed by atoms with van der Waals surface area (Å²) in [5, 5.41) is 3.21. The van der Waals surface area contributed by atoms with E-state index in [0.29, 0.717) is 19.7 Å². The summed E-state index contributed by atoms with van der Waals surface area (Å²) in [5.74, 6) is 1.52. The van der Waals surface area contributed by atoms with Gasteiger partial charge < -0.3 is 14.8 Å². The van der Waals surface area contributed by atoms with Gasteiger partial charge in [0.05, 0.1) is 26.3 Å². The Balaban J connectivity index is 1.56. The molecule has 0 saturated carbocycles. The maximum atomic E-state index is 12.6. The van der Waals surface area contributed by atoms with Crippen LogP contribution in [-0.4, -0.2) is 38.1 Å². The minimum absolute atomic E-state index is 0.0575. The van der Waals surface area contributed by atoms with E-state index in [9.17, 15) is 4.79 Å². The van der Waals surface area contributed by atoms with Crippen molar-refractivity contribution in [2.24, 2.45) is 0 Å². The van der Waals surface area contributed by atoms with Gasteiger partial charge in [0, 0.05) is 6.54 Å². The number of carbonyl (C=O) groups is 1. The third kappa shape index (κ3) is 5.04. The molecule has 0 radical (unpaired) electrons. The predicted octanol–water partition coefficient (Wildman–Crippen LogP) is 3.72. The number of benzene rings is 2. The molecule has 5 nitrogen and oxygen atoms in total. The first-order valence-electron chi connectivity index (χ1n) is 9.96. The van der Waals surface area contributed by atoms with Crippen LogP contribution in [0, 0.1) is 0 Å². The number of carbonyl (C=O) groups excluding carboxylic acids is 1. The van der Waals surface area contributed by atoms with Crippen LogP contribution in [0.5, 0.6) is 11.5 Å². The number of nitrogens with zero attached hydrogens (tertiary/aromatic N) is 1. The molecular weight excluding hydrogens is 352 g/mol. The zero-order valence-electron chi connectivity index (χ0n) is 17.0. The van der Waals surface area contributed by atoms with Gasteiger partial charge in [0.15, 0.2) is 11.5 Å². The van der Waals surface area contributed by atoms with Crippen LogP contribution in [0.2, 0.25) is 0 Å². The largest absolute Gasteiger partial charge is 0.493 e. The summed E-state index contributed by atoms with van der Waals surface area (Å²) in [7, 11) is 3.60. The number of likely N-dealkylation sites (N-methyl/N-ethyl adjacent to an activating group) is 1. The summed E-state index contributed by atoms with van der Waals surface area (Å²) in [6, 6.07) is 14.4. The minimum atomic E-state index is 0.0575. The molecule has 0 aromatic heterocycles. The van der Waals surface area contributed by atoms with E-state index in [-0.39, 0.29) is 11.9 Å². The molecule has 0 unspecified atom stereocenters. The maximum absolute atomic E-state index is 12.6. The Kier molecular flexibility index (Phi) is 6.93. The number of nitrogens with one attached hydrogen (secondary N) is 1. The topological polar surface area (TPSA) is 50.8 Å². The van der Waals surface area contributed by atoms with Crippen molar-refractivity contribution >= 4 is 5.91 Å². The van der Waals surface area contributed by atoms with E-state index >= 15 is 0 Å². The monoisotopic (exact) mass is 382 g/mol. The van der Waals surface area contributed by atoms with Crippen molar-refractivity contribution in [2.75, 3.05) is 27.3 Å². The second kappa shape index (κ2) is 9.60. The molecule has 1 aliphatic rings. The van der Waals surface area contributed by atoms with Gasteiger partial charge >= 0.3 is 0 Å². The number of fused-ring (bicyclic) bond motifs is 1. The van der Waals surface area contributed by atoms with Crippen LogP contribution < -0.4 is 14.8 Å². The molecule has 0 bridgehead atoms. The van der Waals surface area contributed by atoms with Crippen LogP contribution in [0.3, 0.4) is 0 Å². The molecule has 5 heteroatoms. The van der Waals surface area contributed by atoms with Crippen LogP contribution >= 0.6 is 0 Å². The standard InChI is InChI=1S/C23H30N2O3/c1-4-28-21-13-12-17(14-22(21)27-3)15-25(2)16-23(26)24-20-11-7-9-18-8-5-6-10-19(18)20/h5-6,8,10,12-14,20H,4,7,9,11,15-16H2,1-3H3,(H,24,26)/t20-/m1/s1. The van der Waals surface area contributed by atoms with E-state index in [1.54, 1.807) is 7.11 Å². The Labute approximate surface area is 167 Å². The Morgan fingerprint density at radius 1 is 1.21 bits per heavy atom. The number of aryl methyl sites for hydroxylation is 1. The lowest BCUT2D eigenvalue weighted by molar-refractivity contribution is -0.122. The highest BCUT2D eigenvalue weighted by Gasteiger charge is 2.21. The van der Waals surface area contributed by atoms with Gasteiger partial charge in [-0.15, -0.1) is 0 Å². The van der Waals surface area contributed by atoms with Crippen molar-refractivity contribution in [1.82, 2.24) is 10.2 Å². The molecule has 2 aromatic carbocycles. The maximum Gasteiger partial charge on any atom is 0.234 e. The highest BCUT2D eigenvalue weighted by molar-refractivity contribution is 5.78. The summed E-state index contributed by atoms with van der Waals surface area (Å²) in [6.07, 6.45) is 3.22. The third-order valence-electron chi connectivity index (χ3n) is 5.10. The number of rotatable bonds is 8. The molecule has 2 aromatic rings. The molecule has 3 rings (SSSR count). The van der Waals surface area contributed by atoms with Gasteiger partial charge in [-0.3, -0.25) is 9.69 Å². The fourth-order valence-electron chi connectivity index (χ4n) is 3.84. The van der Waals surface area contributed by atoms with Gasteiger partial charge in [0.2, 0.25) is 5.91 Å². The van der Waals surface area contributed by atoms with E-state index in [4.69, 9.17) is 9.47 Å². The minimum Gasteiger partial charge on any atom is -0.493 e. The molecule has 1 aliphatic carbocycles. The van der Waals surface area contributed by atoms with Gasteiger partial charge in [0.1, 0.15) is 0 Å². The Morgan fingerprint density at radius 2 is 2.04 bits per heavy atom. The average Bonchev–Trinajstić information content (AvgIpc) is 2.69. The first-order valence-corrected chi connectivity index (χ1v) is 9.96. The van der Waals surface area contributed by atoms with Crippen molar-refractivity contribution < 1.29 is 14.3 Å². The van der Waals surface area contributed by atoms with Crippen LogP contribution in [0.1, 0.15) is 42.5 Å². The first kappa shape index (κ1) is 20.2. The average molecular weight is 383 g/mol. The lowest BCUT2D eigenvalue weighted by Gasteiger charge is -2.27. The fourth-order valence-corrected chi connectivity index (χ4v) is 3.84. The van der Waals surface area contributed by atoms with E-state index in [0.717, 1.165) is 36.3 Å². The van der Waals surface area contributed by atoms with Gasteiger partial charge in [0.25, 0.3) is 0 Å². The van der Waals surface area contributed by atoms with E-state index in [2.05, 4.69) is 29.6 Å². The molecule has 0 saturated heterocycles. The SMILES string of the molecule is CCOc1ccc(CN(C)CC(=O)N[C@@H]2CCCc3ccccc32)cc1OC. The van der Waals surface area contributed by atoms with Crippen LogP contribution in [0.4, 0.5) is 0 Å². The summed E-state index contributed by atoms with van der Waals surface area (Å²) >= 11 is 0. The molecule has 1 amide bonds. The van der Waals surface area contributed by atoms with Crippen molar-refractivity contribution in [1.29, 1.82) is 0 Å². The lowest BCUT2D eigenvalue weighted by Crippen LogP contribution is -2.38. The molecule has 1 N–H and O–H groups in total. The summed E-state index contributed by atoms with van der Waals surface area (Å²) in [5.41, 5.74) is 3.70. The Morgan fingerprint density at radius 3 is 2.82 bits per heavy atom. The zero-order valence-corrected chi connectivity index (χ0v) is 17.0. The molecule has 150 valence electrons. The van der Waals surface area contributed by atoms with E-state index in [1.807, 2.05) is 37.1 Å². The molecule has 1 atom stereocenters. The van der Waals surface area contributed by atoms with Gasteiger partial charge in [-0.25, -0.2) is 0 Å². The molecule has 0 heterocycles. The predicted molar refractivity (Wildman–Crippen MR) is 111 cm³/mol. The molecule has 0 spiro atoms. The third-order valence-corrected chi connectivity index (χ3v) is 5.10. The number of methoxy groups -OCH3 is 1. The quantitative estimate of drug-likeness (QED) is 0.756. The fraction of sp³-hybridized carbons (Fsp3) is 0.435. The Bertz CT molecular complexity index is 806. The van der Waals surface area contributed by atoms with Gasteiger partial charge in [-0.1, -0.05) is 30.3 Å². The summed E-state index contributed by atoms with van der Waals surface area (Å²) < 4.78 is 11.0. The smallest absolute Gasteiger partial charge is 0.234 e. The first-order chi connectivity index (χ1) is 13.6. The molecule has 0 aliphatic heterocycles. The van der Waals surface area contributed by atoms with Crippen molar-refractivity contribution in [3.8, 4) is 11.5 Å². The molecule has 28 heavy (non-hydrogen) atoms. The zero-order chi connectivity index (χ0) is 19.9. The highest BCUT2D eigenvalue weighted by atomic mass is 16.5. The number of hydrogen-bond donors (Lipinski definition) is 1. The van der Waals surface area contributed by atoms with Crippen LogP contribution in [0.15, 0.2) is 42.5 Å². The van der Waals surface area contributed by atoms with Gasteiger partial charge in [-0.2, -0.15) is 0 Å². The van der Waals surface area contributed by atoms with Crippen LogP contribution in [-0.2, 0) is 17.8 Å². The Hall–Kier alpha value is -2.53. The molecule has 0 fully saturated rings. The number of hydrogen-bond acceptors (Lipinski definition) is 4. The summed E-state index contributed by atoms with van der Waals surface area (Å²) in [4.78, 5) is 14.6. The van der Waals surface area contributed by atoms with Gasteiger partial charge in [-0.05, 0) is 62.1 Å².